The lowest BCUT2D eigenvalue weighted by atomic mass is 9.76. The van der Waals surface area contributed by atoms with Crippen LogP contribution >= 0.6 is 0 Å². The lowest BCUT2D eigenvalue weighted by molar-refractivity contribution is 0.302. The fourth-order valence-electron chi connectivity index (χ4n) is 3.06. The molecule has 0 aliphatic heterocycles. The first-order valence-electron chi connectivity index (χ1n) is 7.02. The summed E-state index contributed by atoms with van der Waals surface area (Å²) >= 11 is 0. The van der Waals surface area contributed by atoms with Gasteiger partial charge in [0.15, 0.2) is 0 Å². The SMILES string of the molecule is Cc1cc(C2(N)CCCCC2)cc(N(C)C)c1C. The summed E-state index contributed by atoms with van der Waals surface area (Å²) in [6.07, 6.45) is 6.12. The van der Waals surface area contributed by atoms with Gasteiger partial charge in [-0.05, 0) is 49.4 Å². The molecule has 2 nitrogen and oxygen atoms in total. The molecule has 1 aromatic carbocycles. The number of anilines is 1. The van der Waals surface area contributed by atoms with Crippen molar-refractivity contribution in [3.05, 3.63) is 28.8 Å². The van der Waals surface area contributed by atoms with Crippen LogP contribution in [0, 0.1) is 13.8 Å². The van der Waals surface area contributed by atoms with Gasteiger partial charge in [0.2, 0.25) is 0 Å². The van der Waals surface area contributed by atoms with E-state index in [1.807, 2.05) is 0 Å². The number of hydrogen-bond donors (Lipinski definition) is 1. The van der Waals surface area contributed by atoms with Gasteiger partial charge in [0.1, 0.15) is 0 Å². The molecular weight excluding hydrogens is 220 g/mol. The molecule has 2 rings (SSSR count). The van der Waals surface area contributed by atoms with E-state index < -0.39 is 0 Å². The van der Waals surface area contributed by atoms with Gasteiger partial charge in [-0.1, -0.05) is 25.3 Å². The fourth-order valence-corrected chi connectivity index (χ4v) is 3.06. The molecule has 2 heteroatoms. The predicted molar refractivity (Wildman–Crippen MR) is 79.2 cm³/mol. The van der Waals surface area contributed by atoms with E-state index in [0.29, 0.717) is 0 Å². The van der Waals surface area contributed by atoms with E-state index in [1.165, 1.54) is 41.6 Å². The summed E-state index contributed by atoms with van der Waals surface area (Å²) in [6, 6.07) is 4.60. The van der Waals surface area contributed by atoms with Crippen LogP contribution in [0.25, 0.3) is 0 Å². The molecule has 0 radical (unpaired) electrons. The Labute approximate surface area is 111 Å². The van der Waals surface area contributed by atoms with Crippen LogP contribution in [0.3, 0.4) is 0 Å². The second-order valence-corrected chi connectivity index (χ2v) is 6.05. The van der Waals surface area contributed by atoms with Gasteiger partial charge in [0.05, 0.1) is 0 Å². The van der Waals surface area contributed by atoms with Gasteiger partial charge >= 0.3 is 0 Å². The molecule has 1 fully saturated rings. The maximum Gasteiger partial charge on any atom is 0.0410 e. The van der Waals surface area contributed by atoms with Crippen LogP contribution in [0.5, 0.6) is 0 Å². The van der Waals surface area contributed by atoms with Crippen molar-refractivity contribution in [2.45, 2.75) is 51.5 Å². The lowest BCUT2D eigenvalue weighted by Gasteiger charge is -2.35. The Morgan fingerprint density at radius 1 is 1.06 bits per heavy atom. The Bertz CT molecular complexity index is 429. The smallest absolute Gasteiger partial charge is 0.0410 e. The van der Waals surface area contributed by atoms with Crippen molar-refractivity contribution in [1.29, 1.82) is 0 Å². The first-order chi connectivity index (χ1) is 8.44. The maximum absolute atomic E-state index is 6.65. The van der Waals surface area contributed by atoms with E-state index in [2.05, 4.69) is 45.0 Å². The van der Waals surface area contributed by atoms with E-state index in [-0.39, 0.29) is 5.54 Å². The highest BCUT2D eigenvalue weighted by Gasteiger charge is 2.30. The molecule has 0 heterocycles. The summed E-state index contributed by atoms with van der Waals surface area (Å²) < 4.78 is 0. The minimum atomic E-state index is -0.0958. The molecular formula is C16H26N2. The molecule has 0 unspecified atom stereocenters. The van der Waals surface area contributed by atoms with Gasteiger partial charge in [-0.25, -0.2) is 0 Å². The molecule has 100 valence electrons. The van der Waals surface area contributed by atoms with E-state index in [4.69, 9.17) is 5.73 Å². The Morgan fingerprint density at radius 3 is 2.22 bits per heavy atom. The van der Waals surface area contributed by atoms with Crippen molar-refractivity contribution in [2.24, 2.45) is 5.73 Å². The van der Waals surface area contributed by atoms with E-state index in [9.17, 15) is 0 Å². The van der Waals surface area contributed by atoms with Crippen LogP contribution in [0.2, 0.25) is 0 Å². The van der Waals surface area contributed by atoms with E-state index in [0.717, 1.165) is 12.8 Å². The third-order valence-corrected chi connectivity index (χ3v) is 4.44. The third kappa shape index (κ3) is 2.39. The van der Waals surface area contributed by atoms with Gasteiger partial charge < -0.3 is 10.6 Å². The highest BCUT2D eigenvalue weighted by atomic mass is 15.1. The zero-order chi connectivity index (χ0) is 13.3. The van der Waals surface area contributed by atoms with Gasteiger partial charge in [0, 0.05) is 25.3 Å². The molecule has 0 bridgehead atoms. The van der Waals surface area contributed by atoms with E-state index >= 15 is 0 Å². The minimum Gasteiger partial charge on any atom is -0.377 e. The Kier molecular flexibility index (Phi) is 3.67. The molecule has 0 amide bonds. The number of aryl methyl sites for hydroxylation is 1. The van der Waals surface area contributed by atoms with Gasteiger partial charge in [0.25, 0.3) is 0 Å². The second kappa shape index (κ2) is 4.93. The average molecular weight is 246 g/mol. The Balaban J connectivity index is 2.45. The molecule has 1 aliphatic carbocycles. The Hall–Kier alpha value is -1.02. The van der Waals surface area contributed by atoms with Crippen molar-refractivity contribution < 1.29 is 0 Å². The summed E-state index contributed by atoms with van der Waals surface area (Å²) in [6.45, 7) is 4.39. The highest BCUT2D eigenvalue weighted by Crippen LogP contribution is 2.37. The standard InChI is InChI=1S/C16H26N2/c1-12-10-14(11-15(13(12)2)18(3)4)16(17)8-6-5-7-9-16/h10-11H,5-9,17H2,1-4H3. The molecule has 0 saturated heterocycles. The van der Waals surface area contributed by atoms with Crippen LogP contribution in [-0.4, -0.2) is 14.1 Å². The van der Waals surface area contributed by atoms with Gasteiger partial charge in [-0.2, -0.15) is 0 Å². The highest BCUT2D eigenvalue weighted by molar-refractivity contribution is 5.58. The summed E-state index contributed by atoms with van der Waals surface area (Å²) in [5.41, 5.74) is 11.9. The zero-order valence-electron chi connectivity index (χ0n) is 12.2. The first-order valence-corrected chi connectivity index (χ1v) is 7.02. The van der Waals surface area contributed by atoms with Gasteiger partial charge in [-0.15, -0.1) is 0 Å². The van der Waals surface area contributed by atoms with Crippen molar-refractivity contribution in [3.8, 4) is 0 Å². The largest absolute Gasteiger partial charge is 0.377 e. The summed E-state index contributed by atoms with van der Waals surface area (Å²) in [5, 5.41) is 0. The molecule has 1 aliphatic rings. The number of rotatable bonds is 2. The van der Waals surface area contributed by atoms with Crippen LogP contribution in [-0.2, 0) is 5.54 Å². The number of nitrogens with two attached hydrogens (primary N) is 1. The molecule has 1 aromatic rings. The topological polar surface area (TPSA) is 29.3 Å². The van der Waals surface area contributed by atoms with E-state index in [1.54, 1.807) is 0 Å². The minimum absolute atomic E-state index is 0.0958. The quantitative estimate of drug-likeness (QED) is 0.865. The molecule has 1 saturated carbocycles. The molecule has 2 N–H and O–H groups in total. The number of benzene rings is 1. The zero-order valence-corrected chi connectivity index (χ0v) is 12.2. The molecule has 18 heavy (non-hydrogen) atoms. The van der Waals surface area contributed by atoms with Crippen LogP contribution in [0.4, 0.5) is 5.69 Å². The fraction of sp³-hybridized carbons (Fsp3) is 0.625. The van der Waals surface area contributed by atoms with Crippen molar-refractivity contribution >= 4 is 5.69 Å². The maximum atomic E-state index is 6.65. The average Bonchev–Trinajstić information content (AvgIpc) is 2.33. The van der Waals surface area contributed by atoms with Crippen LogP contribution in [0.15, 0.2) is 12.1 Å². The molecule has 0 atom stereocenters. The molecule has 0 aromatic heterocycles. The Morgan fingerprint density at radius 2 is 1.67 bits per heavy atom. The first kappa shape index (κ1) is 13.4. The third-order valence-electron chi connectivity index (χ3n) is 4.44. The normalized spacial score (nSPS) is 18.7. The predicted octanol–water partition coefficient (Wildman–Crippen LogP) is 3.49. The van der Waals surface area contributed by atoms with Gasteiger partial charge in [-0.3, -0.25) is 0 Å². The monoisotopic (exact) mass is 246 g/mol. The number of hydrogen-bond acceptors (Lipinski definition) is 2. The van der Waals surface area contributed by atoms with Crippen LogP contribution < -0.4 is 10.6 Å². The molecule has 0 spiro atoms. The van der Waals surface area contributed by atoms with Crippen molar-refractivity contribution in [2.75, 3.05) is 19.0 Å². The van der Waals surface area contributed by atoms with Crippen molar-refractivity contribution in [1.82, 2.24) is 0 Å². The van der Waals surface area contributed by atoms with Crippen LogP contribution in [0.1, 0.15) is 48.8 Å². The second-order valence-electron chi connectivity index (χ2n) is 6.05. The summed E-state index contributed by atoms with van der Waals surface area (Å²) in [7, 11) is 4.21. The van der Waals surface area contributed by atoms with Crippen molar-refractivity contribution in [3.63, 3.8) is 0 Å². The number of nitrogens with zero attached hydrogens (tertiary/aromatic N) is 1. The summed E-state index contributed by atoms with van der Waals surface area (Å²) in [5.74, 6) is 0. The lowest BCUT2D eigenvalue weighted by Crippen LogP contribution is -2.38. The summed E-state index contributed by atoms with van der Waals surface area (Å²) in [4.78, 5) is 2.19.